The predicted molar refractivity (Wildman–Crippen MR) is 64.3 cm³/mol. The first kappa shape index (κ1) is 13.1. The van der Waals surface area contributed by atoms with Crippen LogP contribution in [0.25, 0.3) is 0 Å². The maximum atomic E-state index is 11.6. The van der Waals surface area contributed by atoms with Crippen LogP contribution in [0.2, 0.25) is 0 Å². The molecule has 1 amide bonds. The lowest BCUT2D eigenvalue weighted by molar-refractivity contribution is -0.149. The second-order valence-corrected chi connectivity index (χ2v) is 4.76. The minimum atomic E-state index is -0.959. The maximum absolute atomic E-state index is 11.6. The molecule has 0 aliphatic carbocycles. The lowest BCUT2D eigenvalue weighted by Crippen LogP contribution is -2.32. The average Bonchev–Trinajstić information content (AvgIpc) is 2.94. The van der Waals surface area contributed by atoms with E-state index in [2.05, 4.69) is 21.2 Å². The predicted octanol–water partition coefficient (Wildman–Crippen LogP) is 1.40. The van der Waals surface area contributed by atoms with Gasteiger partial charge in [0, 0.05) is 6.54 Å². The maximum Gasteiger partial charge on any atom is 0.332 e. The molecule has 1 aromatic rings. The molecule has 0 spiro atoms. The molecule has 1 fully saturated rings. The van der Waals surface area contributed by atoms with E-state index in [-0.39, 0.29) is 24.3 Å². The Morgan fingerprint density at radius 1 is 1.44 bits per heavy atom. The van der Waals surface area contributed by atoms with Gasteiger partial charge in [0.05, 0.1) is 6.10 Å². The number of nitrogens with one attached hydrogen (secondary N) is 1. The van der Waals surface area contributed by atoms with Crippen molar-refractivity contribution in [3.05, 3.63) is 22.6 Å². The van der Waals surface area contributed by atoms with Crippen molar-refractivity contribution in [2.45, 2.75) is 25.0 Å². The lowest BCUT2D eigenvalue weighted by atomic mass is 10.2. The third kappa shape index (κ3) is 3.11. The number of carbonyl (C=O) groups is 2. The van der Waals surface area contributed by atoms with Crippen molar-refractivity contribution < 1.29 is 23.8 Å². The molecule has 0 bridgehead atoms. The smallest absolute Gasteiger partial charge is 0.332 e. The van der Waals surface area contributed by atoms with E-state index in [1.807, 2.05) is 0 Å². The monoisotopic (exact) mass is 317 g/mol. The first-order chi connectivity index (χ1) is 8.56. The molecule has 2 atom stereocenters. The van der Waals surface area contributed by atoms with Gasteiger partial charge in [0.2, 0.25) is 0 Å². The van der Waals surface area contributed by atoms with Crippen LogP contribution in [0.5, 0.6) is 0 Å². The van der Waals surface area contributed by atoms with Crippen molar-refractivity contribution in [1.82, 2.24) is 5.32 Å². The van der Waals surface area contributed by atoms with Crippen molar-refractivity contribution in [2.24, 2.45) is 0 Å². The van der Waals surface area contributed by atoms with Crippen molar-refractivity contribution in [1.29, 1.82) is 0 Å². The number of ether oxygens (including phenoxy) is 1. The average molecular weight is 318 g/mol. The largest absolute Gasteiger partial charge is 0.479 e. The van der Waals surface area contributed by atoms with Crippen LogP contribution in [0.1, 0.15) is 23.4 Å². The number of carboxylic acids is 1. The number of hydrogen-bond acceptors (Lipinski definition) is 4. The zero-order valence-corrected chi connectivity index (χ0v) is 11.0. The van der Waals surface area contributed by atoms with Crippen LogP contribution >= 0.6 is 15.9 Å². The Balaban J connectivity index is 1.79. The fourth-order valence-electron chi connectivity index (χ4n) is 1.77. The van der Waals surface area contributed by atoms with E-state index in [1.165, 1.54) is 0 Å². The zero-order valence-electron chi connectivity index (χ0n) is 9.39. The van der Waals surface area contributed by atoms with Gasteiger partial charge in [-0.15, -0.1) is 0 Å². The molecule has 2 heterocycles. The molecule has 2 N–H and O–H groups in total. The molecule has 0 radical (unpaired) electrons. The Morgan fingerprint density at radius 3 is 2.78 bits per heavy atom. The van der Waals surface area contributed by atoms with Gasteiger partial charge in [-0.05, 0) is 40.9 Å². The van der Waals surface area contributed by atoms with E-state index >= 15 is 0 Å². The summed E-state index contributed by atoms with van der Waals surface area (Å²) in [6.07, 6.45) is 0.0828. The summed E-state index contributed by atoms with van der Waals surface area (Å²) in [6.45, 7) is 0.279. The van der Waals surface area contributed by atoms with Gasteiger partial charge in [-0.25, -0.2) is 4.79 Å². The summed E-state index contributed by atoms with van der Waals surface area (Å²) in [6, 6.07) is 3.18. The highest BCUT2D eigenvalue weighted by atomic mass is 79.9. The fraction of sp³-hybridized carbons (Fsp3) is 0.455. The Bertz CT molecular complexity index is 458. The Hall–Kier alpha value is -1.34. The highest BCUT2D eigenvalue weighted by Crippen LogP contribution is 2.19. The quantitative estimate of drug-likeness (QED) is 0.876. The van der Waals surface area contributed by atoms with Crippen molar-refractivity contribution in [3.8, 4) is 0 Å². The molecule has 98 valence electrons. The topological polar surface area (TPSA) is 88.8 Å². The standard InChI is InChI=1S/C11H12BrNO5/c12-9-4-3-7(18-9)10(14)13-5-6-1-2-8(17-6)11(15)16/h3-4,6,8H,1-2,5H2,(H,13,14)(H,15,16). The molecule has 1 aliphatic heterocycles. The van der Waals surface area contributed by atoms with Crippen molar-refractivity contribution in [3.63, 3.8) is 0 Å². The van der Waals surface area contributed by atoms with Gasteiger partial charge in [0.15, 0.2) is 16.5 Å². The number of carboxylic acid groups (broad SMARTS) is 1. The Kier molecular flexibility index (Phi) is 4.03. The normalized spacial score (nSPS) is 22.9. The van der Waals surface area contributed by atoms with Crippen LogP contribution in [0.15, 0.2) is 21.2 Å². The van der Waals surface area contributed by atoms with E-state index in [0.717, 1.165) is 0 Å². The summed E-state index contributed by atoms with van der Waals surface area (Å²) in [4.78, 5) is 22.3. The molecule has 1 saturated heterocycles. The summed E-state index contributed by atoms with van der Waals surface area (Å²) in [5, 5.41) is 11.4. The first-order valence-electron chi connectivity index (χ1n) is 5.48. The van der Waals surface area contributed by atoms with Gasteiger partial charge in [0.1, 0.15) is 0 Å². The molecular weight excluding hydrogens is 306 g/mol. The number of hydrogen-bond donors (Lipinski definition) is 2. The molecule has 6 nitrogen and oxygen atoms in total. The third-order valence-corrected chi connectivity index (χ3v) is 3.10. The zero-order chi connectivity index (χ0) is 13.1. The van der Waals surface area contributed by atoms with Gasteiger partial charge in [-0.2, -0.15) is 0 Å². The molecule has 18 heavy (non-hydrogen) atoms. The summed E-state index contributed by atoms with van der Waals surface area (Å²) < 4.78 is 10.8. The minimum absolute atomic E-state index is 0.203. The molecule has 7 heteroatoms. The number of aliphatic carboxylic acids is 1. The summed E-state index contributed by atoms with van der Waals surface area (Å²) in [7, 11) is 0. The third-order valence-electron chi connectivity index (χ3n) is 2.67. The molecule has 1 aromatic heterocycles. The lowest BCUT2D eigenvalue weighted by Gasteiger charge is -2.11. The summed E-state index contributed by atoms with van der Waals surface area (Å²) in [5.74, 6) is -1.10. The summed E-state index contributed by atoms with van der Waals surface area (Å²) >= 11 is 3.10. The second-order valence-electron chi connectivity index (χ2n) is 3.98. The van der Waals surface area contributed by atoms with Crippen LogP contribution < -0.4 is 5.32 Å². The van der Waals surface area contributed by atoms with Crippen LogP contribution in [-0.4, -0.2) is 35.7 Å². The van der Waals surface area contributed by atoms with Gasteiger partial charge in [-0.3, -0.25) is 4.79 Å². The molecule has 2 rings (SSSR count). The SMILES string of the molecule is O=C(NCC1CCC(C(=O)O)O1)c1ccc(Br)o1. The number of furan rings is 1. The molecular formula is C11H12BrNO5. The molecule has 2 unspecified atom stereocenters. The van der Waals surface area contributed by atoms with Crippen LogP contribution in [-0.2, 0) is 9.53 Å². The van der Waals surface area contributed by atoms with E-state index in [9.17, 15) is 9.59 Å². The highest BCUT2D eigenvalue weighted by molar-refractivity contribution is 9.10. The minimum Gasteiger partial charge on any atom is -0.479 e. The highest BCUT2D eigenvalue weighted by Gasteiger charge is 2.30. The van der Waals surface area contributed by atoms with E-state index in [0.29, 0.717) is 17.5 Å². The Morgan fingerprint density at radius 2 is 2.22 bits per heavy atom. The van der Waals surface area contributed by atoms with Crippen LogP contribution in [0, 0.1) is 0 Å². The van der Waals surface area contributed by atoms with Crippen molar-refractivity contribution >= 4 is 27.8 Å². The van der Waals surface area contributed by atoms with Gasteiger partial charge >= 0.3 is 5.97 Å². The number of carbonyl (C=O) groups excluding carboxylic acids is 1. The van der Waals surface area contributed by atoms with Crippen LogP contribution in [0.4, 0.5) is 0 Å². The van der Waals surface area contributed by atoms with Crippen molar-refractivity contribution in [2.75, 3.05) is 6.54 Å². The number of amides is 1. The number of halogens is 1. The van der Waals surface area contributed by atoms with E-state index < -0.39 is 12.1 Å². The van der Waals surface area contributed by atoms with Crippen LogP contribution in [0.3, 0.4) is 0 Å². The Labute approximate surface area is 111 Å². The van der Waals surface area contributed by atoms with Gasteiger partial charge in [0.25, 0.3) is 5.91 Å². The molecule has 0 aromatic carbocycles. The van der Waals surface area contributed by atoms with Gasteiger partial charge < -0.3 is 19.6 Å². The number of rotatable bonds is 4. The first-order valence-corrected chi connectivity index (χ1v) is 6.27. The summed E-state index contributed by atoms with van der Waals surface area (Å²) in [5.41, 5.74) is 0. The van der Waals surface area contributed by atoms with E-state index in [1.54, 1.807) is 12.1 Å². The molecule has 0 saturated carbocycles. The fourth-order valence-corrected chi connectivity index (χ4v) is 2.07. The second kappa shape index (κ2) is 5.53. The van der Waals surface area contributed by atoms with Gasteiger partial charge in [-0.1, -0.05) is 0 Å². The van der Waals surface area contributed by atoms with E-state index in [4.69, 9.17) is 14.3 Å². The molecule has 1 aliphatic rings.